The molecule has 1 rings (SSSR count). The number of terminal acetylenes is 1. The highest BCUT2D eigenvalue weighted by Crippen LogP contribution is 2.13. The molecule has 1 aromatic rings. The van der Waals surface area contributed by atoms with Gasteiger partial charge in [-0.05, 0) is 38.5 Å². The molecule has 1 amide bonds. The molecule has 0 radical (unpaired) electrons. The van der Waals surface area contributed by atoms with Crippen molar-refractivity contribution in [2.75, 3.05) is 59.5 Å². The minimum absolute atomic E-state index is 0.303. The van der Waals surface area contributed by atoms with Gasteiger partial charge in [0.1, 0.15) is 24.6 Å². The molecule has 0 aromatic heterocycles. The second-order valence-corrected chi connectivity index (χ2v) is 7.45. The van der Waals surface area contributed by atoms with Crippen molar-refractivity contribution < 1.29 is 33.2 Å². The second-order valence-electron chi connectivity index (χ2n) is 7.45. The Morgan fingerprint density at radius 2 is 1.52 bits per heavy atom. The Labute approximate surface area is 185 Å². The Morgan fingerprint density at radius 1 is 0.935 bits per heavy atom. The van der Waals surface area contributed by atoms with Crippen LogP contribution in [-0.2, 0) is 30.2 Å². The quantitative estimate of drug-likeness (QED) is 0.314. The van der Waals surface area contributed by atoms with E-state index in [1.807, 2.05) is 45.0 Å². The number of hydrogen-bond acceptors (Lipinski definition) is 7. The van der Waals surface area contributed by atoms with Crippen molar-refractivity contribution in [3.8, 4) is 18.1 Å². The van der Waals surface area contributed by atoms with Gasteiger partial charge in [0, 0.05) is 6.54 Å². The van der Waals surface area contributed by atoms with Crippen molar-refractivity contribution in [1.29, 1.82) is 0 Å². The maximum absolute atomic E-state index is 11.7. The van der Waals surface area contributed by atoms with Crippen LogP contribution in [0.1, 0.15) is 26.3 Å². The summed E-state index contributed by atoms with van der Waals surface area (Å²) >= 11 is 0. The Hall–Kier alpha value is -2.31. The van der Waals surface area contributed by atoms with Gasteiger partial charge in [-0.1, -0.05) is 18.1 Å². The lowest BCUT2D eigenvalue weighted by atomic mass is 10.2. The molecular weight excluding hydrogens is 402 g/mol. The zero-order valence-corrected chi connectivity index (χ0v) is 18.8. The summed E-state index contributed by atoms with van der Waals surface area (Å²) in [5.74, 6) is 3.11. The molecule has 0 aliphatic carbocycles. The van der Waals surface area contributed by atoms with Gasteiger partial charge in [-0.15, -0.1) is 6.42 Å². The van der Waals surface area contributed by atoms with Crippen LogP contribution >= 0.6 is 0 Å². The second kappa shape index (κ2) is 16.4. The van der Waals surface area contributed by atoms with Crippen LogP contribution in [0.2, 0.25) is 0 Å². The largest absolute Gasteiger partial charge is 0.491 e. The molecule has 0 aliphatic heterocycles. The molecule has 1 aromatic carbocycles. The molecule has 0 unspecified atom stereocenters. The molecule has 174 valence electrons. The molecule has 0 aliphatic rings. The van der Waals surface area contributed by atoms with E-state index in [1.54, 1.807) is 0 Å². The number of nitrogens with one attached hydrogen (secondary N) is 1. The highest BCUT2D eigenvalue weighted by Gasteiger charge is 2.15. The third-order valence-electron chi connectivity index (χ3n) is 3.53. The SMILES string of the molecule is C#CCOCCOCCOCCOCCOc1cccc(CNC(=O)OC(C)(C)C)c1. The zero-order valence-electron chi connectivity index (χ0n) is 18.8. The van der Waals surface area contributed by atoms with E-state index in [4.69, 9.17) is 34.8 Å². The van der Waals surface area contributed by atoms with Gasteiger partial charge >= 0.3 is 6.09 Å². The number of ether oxygens (including phenoxy) is 6. The predicted molar refractivity (Wildman–Crippen MR) is 117 cm³/mol. The Bertz CT molecular complexity index is 652. The first-order valence-corrected chi connectivity index (χ1v) is 10.3. The minimum Gasteiger partial charge on any atom is -0.491 e. The Morgan fingerprint density at radius 3 is 2.10 bits per heavy atom. The van der Waals surface area contributed by atoms with Crippen LogP contribution in [0.3, 0.4) is 0 Å². The third kappa shape index (κ3) is 16.1. The number of benzene rings is 1. The van der Waals surface area contributed by atoms with E-state index in [2.05, 4.69) is 11.2 Å². The van der Waals surface area contributed by atoms with Gasteiger partial charge in [-0.25, -0.2) is 4.79 Å². The van der Waals surface area contributed by atoms with E-state index < -0.39 is 11.7 Å². The highest BCUT2D eigenvalue weighted by atomic mass is 16.6. The number of carbonyl (C=O) groups excluding carboxylic acids is 1. The fourth-order valence-electron chi connectivity index (χ4n) is 2.24. The lowest BCUT2D eigenvalue weighted by Gasteiger charge is -2.19. The van der Waals surface area contributed by atoms with Crippen LogP contribution in [0.25, 0.3) is 0 Å². The van der Waals surface area contributed by atoms with E-state index in [0.717, 1.165) is 5.56 Å². The van der Waals surface area contributed by atoms with Gasteiger partial charge in [0.2, 0.25) is 0 Å². The summed E-state index contributed by atoms with van der Waals surface area (Å²) in [6.45, 7) is 9.96. The molecule has 0 fully saturated rings. The molecule has 0 bridgehead atoms. The highest BCUT2D eigenvalue weighted by molar-refractivity contribution is 5.67. The molecule has 31 heavy (non-hydrogen) atoms. The molecule has 0 spiro atoms. The first-order chi connectivity index (χ1) is 14.9. The first-order valence-electron chi connectivity index (χ1n) is 10.3. The lowest BCUT2D eigenvalue weighted by Crippen LogP contribution is -2.32. The van der Waals surface area contributed by atoms with E-state index in [0.29, 0.717) is 71.8 Å². The average Bonchev–Trinajstić information content (AvgIpc) is 2.71. The van der Waals surface area contributed by atoms with Crippen LogP contribution in [0.4, 0.5) is 4.79 Å². The fraction of sp³-hybridized carbons (Fsp3) is 0.609. The predicted octanol–water partition coefficient (Wildman–Crippen LogP) is 2.79. The number of carbonyl (C=O) groups is 1. The molecular formula is C23H35NO7. The van der Waals surface area contributed by atoms with Crippen LogP contribution in [-0.4, -0.2) is 71.2 Å². The lowest BCUT2D eigenvalue weighted by molar-refractivity contribution is -0.00187. The van der Waals surface area contributed by atoms with Crippen LogP contribution in [0.15, 0.2) is 24.3 Å². The molecule has 0 saturated heterocycles. The summed E-state index contributed by atoms with van der Waals surface area (Å²) in [5.41, 5.74) is 0.397. The van der Waals surface area contributed by atoms with E-state index in [-0.39, 0.29) is 0 Å². The maximum Gasteiger partial charge on any atom is 0.407 e. The summed E-state index contributed by atoms with van der Waals surface area (Å²) in [6, 6.07) is 7.52. The van der Waals surface area contributed by atoms with Crippen molar-refractivity contribution >= 4 is 6.09 Å². The van der Waals surface area contributed by atoms with Gasteiger partial charge < -0.3 is 33.7 Å². The van der Waals surface area contributed by atoms with Gasteiger partial charge in [0.15, 0.2) is 0 Å². The van der Waals surface area contributed by atoms with Crippen molar-refractivity contribution in [3.05, 3.63) is 29.8 Å². The maximum atomic E-state index is 11.7. The van der Waals surface area contributed by atoms with Gasteiger partial charge in [0.05, 0.1) is 46.2 Å². The number of amides is 1. The normalized spacial score (nSPS) is 11.0. The summed E-state index contributed by atoms with van der Waals surface area (Å²) in [7, 11) is 0. The van der Waals surface area contributed by atoms with E-state index in [1.165, 1.54) is 0 Å². The summed E-state index contributed by atoms with van der Waals surface area (Å²) in [4.78, 5) is 11.7. The van der Waals surface area contributed by atoms with Crippen molar-refractivity contribution in [3.63, 3.8) is 0 Å². The molecule has 0 atom stereocenters. The summed E-state index contributed by atoms with van der Waals surface area (Å²) in [6.07, 6.45) is 4.62. The number of alkyl carbamates (subject to hydrolysis) is 1. The van der Waals surface area contributed by atoms with Gasteiger partial charge in [-0.3, -0.25) is 0 Å². The monoisotopic (exact) mass is 437 g/mol. The third-order valence-corrected chi connectivity index (χ3v) is 3.53. The molecule has 8 nitrogen and oxygen atoms in total. The Balaban J connectivity index is 2.02. The summed E-state index contributed by atoms with van der Waals surface area (Å²) in [5, 5.41) is 2.73. The molecule has 0 heterocycles. The first kappa shape index (κ1) is 26.7. The minimum atomic E-state index is -0.522. The number of hydrogen-bond donors (Lipinski definition) is 1. The van der Waals surface area contributed by atoms with Crippen LogP contribution in [0.5, 0.6) is 5.75 Å². The van der Waals surface area contributed by atoms with Crippen molar-refractivity contribution in [2.24, 2.45) is 0 Å². The smallest absolute Gasteiger partial charge is 0.407 e. The number of rotatable bonds is 16. The van der Waals surface area contributed by atoms with E-state index >= 15 is 0 Å². The fourth-order valence-corrected chi connectivity index (χ4v) is 2.24. The van der Waals surface area contributed by atoms with Crippen molar-refractivity contribution in [2.45, 2.75) is 32.9 Å². The summed E-state index contributed by atoms with van der Waals surface area (Å²) < 4.78 is 32.2. The van der Waals surface area contributed by atoms with Gasteiger partial charge in [-0.2, -0.15) is 0 Å². The van der Waals surface area contributed by atoms with Crippen LogP contribution in [0, 0.1) is 12.3 Å². The standard InChI is InChI=1S/C23H35NO7/c1-5-9-26-10-11-27-12-13-28-14-15-29-16-17-30-21-8-6-7-20(18-21)19-24-22(25)31-23(2,3)4/h1,6-8,18H,9-17,19H2,2-4H3,(H,24,25). The molecule has 8 heteroatoms. The average molecular weight is 438 g/mol. The van der Waals surface area contributed by atoms with Crippen LogP contribution < -0.4 is 10.1 Å². The Kier molecular flexibility index (Phi) is 14.1. The van der Waals surface area contributed by atoms with Crippen molar-refractivity contribution in [1.82, 2.24) is 5.32 Å². The topological polar surface area (TPSA) is 84.5 Å². The molecule has 1 N–H and O–H groups in total. The van der Waals surface area contributed by atoms with E-state index in [9.17, 15) is 4.79 Å². The molecule has 0 saturated carbocycles. The zero-order chi connectivity index (χ0) is 22.8. The van der Waals surface area contributed by atoms with Gasteiger partial charge in [0.25, 0.3) is 0 Å².